The molecule has 0 atom stereocenters. The van der Waals surface area contributed by atoms with Crippen LogP contribution in [0.2, 0.25) is 0 Å². The van der Waals surface area contributed by atoms with Gasteiger partial charge in [-0.15, -0.1) is 0 Å². The first-order valence-electron chi connectivity index (χ1n) is 13.8. The third-order valence-corrected chi connectivity index (χ3v) is 6.88. The van der Waals surface area contributed by atoms with Gasteiger partial charge in [-0.2, -0.15) is 0 Å². The highest BCUT2D eigenvalue weighted by atomic mass is 16.5. The summed E-state index contributed by atoms with van der Waals surface area (Å²) in [5.74, 6) is 1.19. The maximum absolute atomic E-state index is 13.1. The normalized spacial score (nSPS) is 13.0. The van der Waals surface area contributed by atoms with Crippen LogP contribution in [-0.2, 0) is 6.42 Å². The number of benzene rings is 3. The van der Waals surface area contributed by atoms with Gasteiger partial charge >= 0.3 is 6.03 Å². The molecule has 2 amide bonds. The highest BCUT2D eigenvalue weighted by Crippen LogP contribution is 2.20. The van der Waals surface area contributed by atoms with E-state index in [9.17, 15) is 9.59 Å². The summed E-state index contributed by atoms with van der Waals surface area (Å²) in [7, 11) is 0. The molecular weight excluding hydrogens is 516 g/mol. The summed E-state index contributed by atoms with van der Waals surface area (Å²) < 4.78 is 5.86. The van der Waals surface area contributed by atoms with E-state index in [1.165, 1.54) is 25.9 Å². The number of amides is 2. The van der Waals surface area contributed by atoms with Crippen molar-refractivity contribution in [2.75, 3.05) is 42.2 Å². The van der Waals surface area contributed by atoms with E-state index in [1.54, 1.807) is 36.7 Å². The second-order valence-electron chi connectivity index (χ2n) is 10.0. The van der Waals surface area contributed by atoms with E-state index >= 15 is 0 Å². The van der Waals surface area contributed by atoms with Crippen molar-refractivity contribution < 1.29 is 14.3 Å². The first kappa shape index (κ1) is 27.8. The van der Waals surface area contributed by atoms with Crippen molar-refractivity contribution in [2.24, 2.45) is 0 Å². The lowest BCUT2D eigenvalue weighted by molar-refractivity contribution is 0.0992. The van der Waals surface area contributed by atoms with Crippen molar-refractivity contribution in [3.05, 3.63) is 102 Å². The van der Waals surface area contributed by atoms with Crippen LogP contribution in [0.1, 0.15) is 34.3 Å². The van der Waals surface area contributed by atoms with Crippen LogP contribution in [0.4, 0.5) is 27.8 Å². The molecule has 9 nitrogen and oxygen atoms in total. The lowest BCUT2D eigenvalue weighted by Crippen LogP contribution is -2.25. The Hall–Kier alpha value is -4.76. The number of para-hydroxylation sites is 1. The molecule has 210 valence electrons. The molecule has 1 aliphatic heterocycles. The van der Waals surface area contributed by atoms with Crippen LogP contribution in [0, 0.1) is 6.92 Å². The number of nitrogens with zero attached hydrogens (tertiary/aromatic N) is 3. The lowest BCUT2D eigenvalue weighted by atomic mass is 10.00. The zero-order valence-electron chi connectivity index (χ0n) is 23.1. The number of aromatic nitrogens is 2. The summed E-state index contributed by atoms with van der Waals surface area (Å²) in [5.41, 5.74) is 4.12. The Labute approximate surface area is 240 Å². The molecule has 0 spiro atoms. The molecule has 5 rings (SSSR count). The van der Waals surface area contributed by atoms with E-state index in [-0.39, 0.29) is 18.2 Å². The zero-order valence-corrected chi connectivity index (χ0v) is 23.1. The van der Waals surface area contributed by atoms with Gasteiger partial charge in [0.25, 0.3) is 0 Å². The molecule has 4 aromatic rings. The number of hydrogen-bond donors (Lipinski definition) is 3. The number of hydrogen-bond acceptors (Lipinski definition) is 7. The smallest absolute Gasteiger partial charge is 0.323 e. The summed E-state index contributed by atoms with van der Waals surface area (Å²) in [6.45, 7) is 5.84. The standard InChI is InChI=1S/C32H34N6O3/c1-23-9-10-27(37-32(40)36-25-7-3-2-4-8-25)20-29(23)30(39)19-24-21-33-31(34-22-24)35-26-11-13-28(14-12-26)41-18-17-38-15-5-6-16-38/h2-4,7-14,20-22H,5-6,15-19H2,1H3,(H,33,34,35)(H2,36,37,40). The van der Waals surface area contributed by atoms with Gasteiger partial charge in [0.1, 0.15) is 12.4 Å². The highest BCUT2D eigenvalue weighted by molar-refractivity contribution is 6.03. The maximum atomic E-state index is 13.1. The van der Waals surface area contributed by atoms with Crippen molar-refractivity contribution in [3.63, 3.8) is 0 Å². The number of rotatable bonds is 11. The second kappa shape index (κ2) is 13.5. The third kappa shape index (κ3) is 8.12. The van der Waals surface area contributed by atoms with Crippen molar-refractivity contribution >= 4 is 34.8 Å². The van der Waals surface area contributed by atoms with Crippen LogP contribution in [-0.4, -0.2) is 52.9 Å². The molecule has 1 saturated heterocycles. The number of anilines is 4. The fourth-order valence-electron chi connectivity index (χ4n) is 4.67. The summed E-state index contributed by atoms with van der Waals surface area (Å²) in [4.78, 5) is 36.7. The minimum absolute atomic E-state index is 0.0840. The highest BCUT2D eigenvalue weighted by Gasteiger charge is 2.14. The van der Waals surface area contributed by atoms with Crippen molar-refractivity contribution in [2.45, 2.75) is 26.2 Å². The maximum Gasteiger partial charge on any atom is 0.323 e. The van der Waals surface area contributed by atoms with E-state index in [1.807, 2.05) is 55.5 Å². The Kier molecular flexibility index (Phi) is 9.18. The molecule has 0 unspecified atom stereocenters. The molecule has 2 heterocycles. The molecular formula is C32H34N6O3. The minimum atomic E-state index is -0.380. The van der Waals surface area contributed by atoms with Gasteiger partial charge in [-0.25, -0.2) is 14.8 Å². The first-order chi connectivity index (χ1) is 20.0. The Bertz CT molecular complexity index is 1450. The number of nitrogens with one attached hydrogen (secondary N) is 3. The van der Waals surface area contributed by atoms with Gasteiger partial charge in [-0.3, -0.25) is 9.69 Å². The van der Waals surface area contributed by atoms with Crippen LogP contribution >= 0.6 is 0 Å². The summed E-state index contributed by atoms with van der Waals surface area (Å²) >= 11 is 0. The molecule has 0 aliphatic carbocycles. The summed E-state index contributed by atoms with van der Waals surface area (Å²) in [6, 6.07) is 21.8. The predicted octanol–water partition coefficient (Wildman–Crippen LogP) is 6.07. The van der Waals surface area contributed by atoms with Crippen LogP contribution in [0.5, 0.6) is 5.75 Å². The Morgan fingerprint density at radius 3 is 2.27 bits per heavy atom. The van der Waals surface area contributed by atoms with Crippen molar-refractivity contribution in [3.8, 4) is 5.75 Å². The SMILES string of the molecule is Cc1ccc(NC(=O)Nc2ccccc2)cc1C(=O)Cc1cnc(Nc2ccc(OCCN3CCCC3)cc2)nc1. The van der Waals surface area contributed by atoms with Crippen molar-refractivity contribution in [1.29, 1.82) is 0 Å². The topological polar surface area (TPSA) is 108 Å². The minimum Gasteiger partial charge on any atom is -0.492 e. The van der Waals surface area contributed by atoms with Gasteiger partial charge in [0, 0.05) is 48.0 Å². The fraction of sp³-hybridized carbons (Fsp3) is 0.250. The number of carbonyl (C=O) groups excluding carboxylic acids is 2. The van der Waals surface area contributed by atoms with E-state index in [0.717, 1.165) is 23.5 Å². The molecule has 1 aliphatic rings. The number of urea groups is 1. The van der Waals surface area contributed by atoms with Gasteiger partial charge < -0.3 is 20.7 Å². The number of Topliss-reactive ketones (excluding diaryl/α,β-unsaturated/α-hetero) is 1. The van der Waals surface area contributed by atoms with E-state index in [0.29, 0.717) is 35.1 Å². The van der Waals surface area contributed by atoms with Gasteiger partial charge in [-0.1, -0.05) is 24.3 Å². The molecule has 1 aromatic heterocycles. The average Bonchev–Trinajstić information content (AvgIpc) is 3.50. The molecule has 3 N–H and O–H groups in total. The molecule has 1 fully saturated rings. The van der Waals surface area contributed by atoms with Gasteiger partial charge in [0.15, 0.2) is 5.78 Å². The molecule has 41 heavy (non-hydrogen) atoms. The van der Waals surface area contributed by atoms with Crippen LogP contribution < -0.4 is 20.7 Å². The fourth-order valence-corrected chi connectivity index (χ4v) is 4.67. The largest absolute Gasteiger partial charge is 0.492 e. The van der Waals surface area contributed by atoms with Gasteiger partial charge in [-0.05, 0) is 92.5 Å². The Morgan fingerprint density at radius 1 is 0.854 bits per heavy atom. The predicted molar refractivity (Wildman–Crippen MR) is 161 cm³/mol. The molecule has 0 radical (unpaired) electrons. The van der Waals surface area contributed by atoms with Crippen LogP contribution in [0.25, 0.3) is 0 Å². The molecule has 0 saturated carbocycles. The monoisotopic (exact) mass is 550 g/mol. The van der Waals surface area contributed by atoms with Gasteiger partial charge in [0.2, 0.25) is 5.95 Å². The van der Waals surface area contributed by atoms with E-state index < -0.39 is 0 Å². The average molecular weight is 551 g/mol. The van der Waals surface area contributed by atoms with Crippen molar-refractivity contribution in [1.82, 2.24) is 14.9 Å². The van der Waals surface area contributed by atoms with Crippen LogP contribution in [0.3, 0.4) is 0 Å². The molecule has 9 heteroatoms. The lowest BCUT2D eigenvalue weighted by Gasteiger charge is -2.15. The Balaban J connectivity index is 1.12. The number of likely N-dealkylation sites (tertiary alicyclic amines) is 1. The van der Waals surface area contributed by atoms with Gasteiger partial charge in [0.05, 0.1) is 0 Å². The first-order valence-corrected chi connectivity index (χ1v) is 13.8. The second-order valence-corrected chi connectivity index (χ2v) is 10.0. The Morgan fingerprint density at radius 2 is 1.54 bits per heavy atom. The number of carbonyl (C=O) groups is 2. The number of aryl methyl sites for hydroxylation is 1. The number of ketones is 1. The summed E-state index contributed by atoms with van der Waals surface area (Å²) in [6.07, 6.45) is 6.00. The molecule has 3 aromatic carbocycles. The van der Waals surface area contributed by atoms with Crippen LogP contribution in [0.15, 0.2) is 85.2 Å². The zero-order chi connectivity index (χ0) is 28.4. The quantitative estimate of drug-likeness (QED) is 0.194. The number of ether oxygens (including phenoxy) is 1. The van der Waals surface area contributed by atoms with E-state index in [2.05, 4.69) is 30.8 Å². The summed E-state index contributed by atoms with van der Waals surface area (Å²) in [5, 5.41) is 8.74. The molecule has 0 bridgehead atoms. The third-order valence-electron chi connectivity index (χ3n) is 6.88. The van der Waals surface area contributed by atoms with E-state index in [4.69, 9.17) is 4.74 Å².